The van der Waals surface area contributed by atoms with E-state index in [0.29, 0.717) is 0 Å². The number of esters is 1. The Kier molecular flexibility index (Phi) is 6.29. The molecule has 2 rings (SSSR count). The molecule has 0 atom stereocenters. The molecule has 0 unspecified atom stereocenters. The van der Waals surface area contributed by atoms with Gasteiger partial charge in [0.2, 0.25) is 5.95 Å². The fourth-order valence-corrected chi connectivity index (χ4v) is 3.18. The largest absolute Gasteiger partial charge is 0.467 e. The zero-order valence-electron chi connectivity index (χ0n) is 15.3. The second-order valence-corrected chi connectivity index (χ2v) is 6.50. The van der Waals surface area contributed by atoms with Gasteiger partial charge in [-0.2, -0.15) is 23.5 Å². The number of rotatable bonds is 7. The number of aromatic nitrogens is 5. The lowest BCUT2D eigenvalue weighted by Gasteiger charge is -2.10. The van der Waals surface area contributed by atoms with E-state index in [-0.39, 0.29) is 30.1 Å². The van der Waals surface area contributed by atoms with Gasteiger partial charge in [-0.15, -0.1) is 4.98 Å². The Morgan fingerprint density at radius 1 is 1.14 bits per heavy atom. The third-order valence-corrected chi connectivity index (χ3v) is 4.49. The van der Waals surface area contributed by atoms with Crippen LogP contribution in [0.1, 0.15) is 17.3 Å². The molecular formula is C13H17N7O7S. The summed E-state index contributed by atoms with van der Waals surface area (Å²) in [7, 11) is -0.639. The Morgan fingerprint density at radius 2 is 1.75 bits per heavy atom. The van der Waals surface area contributed by atoms with Crippen molar-refractivity contribution in [1.82, 2.24) is 29.5 Å². The molecular weight excluding hydrogens is 398 g/mol. The monoisotopic (exact) mass is 415 g/mol. The average Bonchev–Trinajstić information content (AvgIpc) is 3.03. The average molecular weight is 415 g/mol. The van der Waals surface area contributed by atoms with E-state index in [1.807, 2.05) is 0 Å². The third-order valence-electron chi connectivity index (χ3n) is 3.05. The number of urea groups is 1. The molecule has 152 valence electrons. The number of amides is 2. The van der Waals surface area contributed by atoms with Crippen LogP contribution in [-0.4, -0.2) is 66.0 Å². The van der Waals surface area contributed by atoms with Crippen LogP contribution in [-0.2, 0) is 21.8 Å². The van der Waals surface area contributed by atoms with Crippen LogP contribution in [0.25, 0.3) is 0 Å². The number of sulfonamides is 1. The van der Waals surface area contributed by atoms with Crippen molar-refractivity contribution in [2.75, 3.05) is 26.1 Å². The summed E-state index contributed by atoms with van der Waals surface area (Å²) in [4.78, 5) is 35.2. The zero-order valence-corrected chi connectivity index (χ0v) is 16.1. The topological polar surface area (TPSA) is 177 Å². The van der Waals surface area contributed by atoms with Gasteiger partial charge in [0.25, 0.3) is 10.0 Å². The summed E-state index contributed by atoms with van der Waals surface area (Å²) in [5, 5.41) is 5.28. The lowest BCUT2D eigenvalue weighted by Crippen LogP contribution is -2.36. The Morgan fingerprint density at radius 3 is 2.29 bits per heavy atom. The van der Waals surface area contributed by atoms with Gasteiger partial charge in [-0.3, -0.25) is 10.00 Å². The van der Waals surface area contributed by atoms with Gasteiger partial charge >= 0.3 is 24.0 Å². The van der Waals surface area contributed by atoms with E-state index >= 15 is 0 Å². The van der Waals surface area contributed by atoms with Crippen LogP contribution in [0.15, 0.2) is 11.2 Å². The molecule has 2 heterocycles. The Bertz CT molecular complexity index is 967. The second-order valence-electron chi connectivity index (χ2n) is 4.90. The fourth-order valence-electron chi connectivity index (χ4n) is 1.97. The molecule has 0 spiro atoms. The van der Waals surface area contributed by atoms with E-state index in [0.717, 1.165) is 10.9 Å². The fraction of sp³-hybridized carbons (Fsp3) is 0.385. The maximum Gasteiger partial charge on any atom is 0.342 e. The van der Waals surface area contributed by atoms with Crippen molar-refractivity contribution in [2.24, 2.45) is 7.05 Å². The highest BCUT2D eigenvalue weighted by molar-refractivity contribution is 7.90. The zero-order chi connectivity index (χ0) is 20.9. The van der Waals surface area contributed by atoms with Crippen molar-refractivity contribution in [2.45, 2.75) is 11.9 Å². The van der Waals surface area contributed by atoms with Crippen molar-refractivity contribution in [3.05, 3.63) is 11.8 Å². The van der Waals surface area contributed by atoms with Gasteiger partial charge in [0.1, 0.15) is 5.56 Å². The molecule has 2 aromatic rings. The second kappa shape index (κ2) is 8.47. The number of hydrogen-bond acceptors (Lipinski definition) is 11. The van der Waals surface area contributed by atoms with E-state index in [1.165, 1.54) is 21.3 Å². The Hall–Kier alpha value is -3.49. The molecule has 0 aromatic carbocycles. The van der Waals surface area contributed by atoms with Gasteiger partial charge in [0, 0.05) is 7.05 Å². The maximum atomic E-state index is 12.5. The molecule has 2 N–H and O–H groups in total. The predicted octanol–water partition coefficient (Wildman–Crippen LogP) is -0.691. The van der Waals surface area contributed by atoms with Gasteiger partial charge in [0.05, 0.1) is 27.0 Å². The number of nitrogens with zero attached hydrogens (tertiary/aromatic N) is 5. The number of nitrogens with one attached hydrogen (secondary N) is 2. The van der Waals surface area contributed by atoms with E-state index in [1.54, 1.807) is 11.6 Å². The highest BCUT2D eigenvalue weighted by Crippen LogP contribution is 2.16. The summed E-state index contributed by atoms with van der Waals surface area (Å²) in [5.41, 5.74) is -0.326. The standard InChI is InChI=1S/C13H17N7O7S/c1-5-27-9(21)7-6-14-20(2)8(7)28(23,24)19-11(22)15-10-16-12(25-3)18-13(17-10)26-4/h6H,5H2,1-4H3,(H2,15,16,17,18,19,22). The normalized spacial score (nSPS) is 10.9. The number of carbonyl (C=O) groups is 2. The lowest BCUT2D eigenvalue weighted by molar-refractivity contribution is 0.0521. The van der Waals surface area contributed by atoms with Crippen molar-refractivity contribution in [3.63, 3.8) is 0 Å². The molecule has 28 heavy (non-hydrogen) atoms. The molecule has 0 aliphatic heterocycles. The van der Waals surface area contributed by atoms with Crippen LogP contribution < -0.4 is 19.5 Å². The summed E-state index contributed by atoms with van der Waals surface area (Å²) in [6, 6.07) is -1.53. The minimum absolute atomic E-state index is 0.0319. The Balaban J connectivity index is 2.25. The van der Waals surface area contributed by atoms with E-state index in [2.05, 4.69) is 25.4 Å². The highest BCUT2D eigenvalue weighted by atomic mass is 32.2. The van der Waals surface area contributed by atoms with E-state index in [9.17, 15) is 18.0 Å². The first kappa shape index (κ1) is 20.8. The minimum Gasteiger partial charge on any atom is -0.467 e. The molecule has 0 bridgehead atoms. The van der Waals surface area contributed by atoms with Crippen molar-refractivity contribution in [3.8, 4) is 12.0 Å². The van der Waals surface area contributed by atoms with E-state index < -0.39 is 27.0 Å². The number of carbonyl (C=O) groups excluding carboxylic acids is 2. The predicted molar refractivity (Wildman–Crippen MR) is 91.4 cm³/mol. The molecule has 2 amide bonds. The summed E-state index contributed by atoms with van der Waals surface area (Å²) in [6.45, 7) is 1.59. The summed E-state index contributed by atoms with van der Waals surface area (Å²) < 4.78 is 42.2. The highest BCUT2D eigenvalue weighted by Gasteiger charge is 2.30. The van der Waals surface area contributed by atoms with Crippen molar-refractivity contribution >= 4 is 28.0 Å². The lowest BCUT2D eigenvalue weighted by atomic mass is 10.4. The molecule has 0 aliphatic carbocycles. The molecule has 0 saturated carbocycles. The summed E-state index contributed by atoms with van der Waals surface area (Å²) in [5.74, 6) is -1.23. The molecule has 0 fully saturated rings. The van der Waals surface area contributed by atoms with Crippen LogP contribution in [0.4, 0.5) is 10.7 Å². The van der Waals surface area contributed by atoms with Gasteiger partial charge in [-0.05, 0) is 6.92 Å². The first-order valence-electron chi connectivity index (χ1n) is 7.58. The third kappa shape index (κ3) is 4.61. The number of methoxy groups -OCH3 is 2. The van der Waals surface area contributed by atoms with Gasteiger partial charge in [-0.1, -0.05) is 0 Å². The Labute approximate surface area is 159 Å². The summed E-state index contributed by atoms with van der Waals surface area (Å²) >= 11 is 0. The van der Waals surface area contributed by atoms with Gasteiger partial charge in [0.15, 0.2) is 5.03 Å². The molecule has 14 nitrogen and oxygen atoms in total. The smallest absolute Gasteiger partial charge is 0.342 e. The van der Waals surface area contributed by atoms with Crippen molar-refractivity contribution in [1.29, 1.82) is 0 Å². The quantitative estimate of drug-likeness (QED) is 0.547. The SMILES string of the molecule is CCOC(=O)c1cnn(C)c1S(=O)(=O)NC(=O)Nc1nc(OC)nc(OC)n1. The van der Waals surface area contributed by atoms with Crippen LogP contribution in [0.2, 0.25) is 0 Å². The maximum absolute atomic E-state index is 12.5. The number of anilines is 1. The number of ether oxygens (including phenoxy) is 3. The molecule has 0 aliphatic rings. The van der Waals surface area contributed by atoms with Crippen molar-refractivity contribution < 1.29 is 32.2 Å². The summed E-state index contributed by atoms with van der Waals surface area (Å²) in [6.07, 6.45) is 1.02. The molecule has 0 radical (unpaired) electrons. The van der Waals surface area contributed by atoms with Crippen LogP contribution in [0.5, 0.6) is 12.0 Å². The van der Waals surface area contributed by atoms with Gasteiger partial charge < -0.3 is 14.2 Å². The van der Waals surface area contributed by atoms with E-state index in [4.69, 9.17) is 14.2 Å². The minimum atomic E-state index is -4.49. The van der Waals surface area contributed by atoms with Crippen LogP contribution in [0, 0.1) is 0 Å². The first-order valence-corrected chi connectivity index (χ1v) is 9.07. The molecule has 2 aromatic heterocycles. The van der Waals surface area contributed by atoms with Crippen LogP contribution in [0.3, 0.4) is 0 Å². The first-order chi connectivity index (χ1) is 13.2. The van der Waals surface area contributed by atoms with Crippen LogP contribution >= 0.6 is 0 Å². The number of hydrogen-bond donors (Lipinski definition) is 2. The molecule has 15 heteroatoms. The van der Waals surface area contributed by atoms with Gasteiger partial charge in [-0.25, -0.2) is 14.3 Å². The molecule has 0 saturated heterocycles. The number of aryl methyl sites for hydroxylation is 1.